The number of carbonyl (C=O) groups is 1. The Hall–Kier alpha value is -4.18. The molecule has 0 spiro atoms. The first kappa shape index (κ1) is 22.0. The number of hydrazine groups is 1. The molecule has 9 nitrogen and oxygen atoms in total. The Bertz CT molecular complexity index is 1310. The molecule has 1 amide bonds. The fraction of sp³-hybridized carbons (Fsp3) is 0.0870. The van der Waals surface area contributed by atoms with E-state index >= 15 is 0 Å². The molecule has 0 saturated heterocycles. The summed E-state index contributed by atoms with van der Waals surface area (Å²) >= 11 is 0. The highest BCUT2D eigenvalue weighted by molar-refractivity contribution is 7.92. The van der Waals surface area contributed by atoms with Gasteiger partial charge in [0.2, 0.25) is 6.79 Å². The lowest BCUT2D eigenvalue weighted by molar-refractivity contribution is 0.0942. The maximum atomic E-state index is 12.7. The van der Waals surface area contributed by atoms with Gasteiger partial charge in [-0.25, -0.2) is 8.42 Å². The van der Waals surface area contributed by atoms with E-state index < -0.39 is 15.9 Å². The van der Waals surface area contributed by atoms with Crippen LogP contribution in [0.1, 0.15) is 15.9 Å². The van der Waals surface area contributed by atoms with E-state index in [0.29, 0.717) is 34.2 Å². The zero-order chi connectivity index (χ0) is 23.4. The molecular weight excluding hydrogens is 446 g/mol. The predicted octanol–water partition coefficient (Wildman–Crippen LogP) is 3.13. The molecule has 0 bridgehead atoms. The molecule has 3 N–H and O–H groups in total. The van der Waals surface area contributed by atoms with E-state index in [9.17, 15) is 13.2 Å². The molecular formula is C23H21N3O6S. The number of rotatable bonds is 8. The van der Waals surface area contributed by atoms with Gasteiger partial charge in [0.1, 0.15) is 5.75 Å². The number of ether oxygens (including phenoxy) is 3. The second-order valence-electron chi connectivity index (χ2n) is 6.99. The Morgan fingerprint density at radius 2 is 1.70 bits per heavy atom. The third kappa shape index (κ3) is 5.01. The number of amides is 1. The summed E-state index contributed by atoms with van der Waals surface area (Å²) in [6.07, 6.45) is 0. The van der Waals surface area contributed by atoms with Gasteiger partial charge in [0.25, 0.3) is 15.9 Å². The van der Waals surface area contributed by atoms with Crippen molar-refractivity contribution in [3.63, 3.8) is 0 Å². The molecule has 0 radical (unpaired) electrons. The number of fused-ring (bicyclic) bond motifs is 1. The second kappa shape index (κ2) is 9.13. The van der Waals surface area contributed by atoms with Crippen LogP contribution in [0.3, 0.4) is 0 Å². The van der Waals surface area contributed by atoms with E-state index in [1.165, 1.54) is 31.4 Å². The summed E-state index contributed by atoms with van der Waals surface area (Å²) in [5, 5.41) is 0. The molecule has 1 aliphatic rings. The van der Waals surface area contributed by atoms with Gasteiger partial charge in [-0.05, 0) is 60.7 Å². The highest BCUT2D eigenvalue weighted by Gasteiger charge is 2.18. The van der Waals surface area contributed by atoms with Gasteiger partial charge in [-0.15, -0.1) is 0 Å². The standard InChI is InChI=1S/C23H21N3O6S/c1-15(16-6-11-21-22(13-16)32-14-31-21)24-25-23(27)17-4-3-5-20(12-17)33(28,29)26-18-7-9-19(30-2)10-8-18/h3-13,24,26H,1,14H2,2H3,(H,25,27). The van der Waals surface area contributed by atoms with Crippen molar-refractivity contribution in [2.45, 2.75) is 4.90 Å². The Kier molecular flexibility index (Phi) is 6.09. The van der Waals surface area contributed by atoms with Gasteiger partial charge < -0.3 is 14.2 Å². The minimum atomic E-state index is -3.90. The first-order chi connectivity index (χ1) is 15.9. The maximum Gasteiger partial charge on any atom is 0.269 e. The first-order valence-corrected chi connectivity index (χ1v) is 11.3. The van der Waals surface area contributed by atoms with Gasteiger partial charge in [-0.2, -0.15) is 0 Å². The van der Waals surface area contributed by atoms with E-state index in [1.54, 1.807) is 42.5 Å². The molecule has 10 heteroatoms. The molecule has 0 aromatic heterocycles. The van der Waals surface area contributed by atoms with E-state index in [2.05, 4.69) is 22.2 Å². The minimum Gasteiger partial charge on any atom is -0.497 e. The van der Waals surface area contributed by atoms with Crippen LogP contribution in [-0.4, -0.2) is 28.2 Å². The topological polar surface area (TPSA) is 115 Å². The summed E-state index contributed by atoms with van der Waals surface area (Å²) < 4.78 is 43.7. The minimum absolute atomic E-state index is 0.0550. The van der Waals surface area contributed by atoms with Crippen LogP contribution in [-0.2, 0) is 10.0 Å². The summed E-state index contributed by atoms with van der Waals surface area (Å²) in [7, 11) is -2.38. The summed E-state index contributed by atoms with van der Waals surface area (Å²) in [6, 6.07) is 17.4. The van der Waals surface area contributed by atoms with Crippen molar-refractivity contribution in [2.24, 2.45) is 0 Å². The van der Waals surface area contributed by atoms with Crippen LogP contribution in [0.25, 0.3) is 5.70 Å². The molecule has 33 heavy (non-hydrogen) atoms. The molecule has 0 atom stereocenters. The predicted molar refractivity (Wildman–Crippen MR) is 122 cm³/mol. The SMILES string of the molecule is C=C(NNC(=O)c1cccc(S(=O)(=O)Nc2ccc(OC)cc2)c1)c1ccc2c(c1)OCO2. The number of nitrogens with one attached hydrogen (secondary N) is 3. The van der Waals surface area contributed by atoms with Crippen molar-refractivity contribution in [3.05, 3.63) is 84.4 Å². The van der Waals surface area contributed by atoms with Gasteiger partial charge >= 0.3 is 0 Å². The lowest BCUT2D eigenvalue weighted by atomic mass is 10.1. The number of methoxy groups -OCH3 is 1. The maximum absolute atomic E-state index is 12.7. The van der Waals surface area contributed by atoms with Crippen LogP contribution in [0.2, 0.25) is 0 Å². The number of sulfonamides is 1. The molecule has 170 valence electrons. The van der Waals surface area contributed by atoms with Crippen LogP contribution in [0.15, 0.2) is 78.2 Å². The summed E-state index contributed by atoms with van der Waals surface area (Å²) in [4.78, 5) is 12.5. The fourth-order valence-corrected chi connectivity index (χ4v) is 4.14. The number of hydrogen-bond acceptors (Lipinski definition) is 7. The summed E-state index contributed by atoms with van der Waals surface area (Å²) in [5.41, 5.74) is 6.88. The zero-order valence-corrected chi connectivity index (χ0v) is 18.4. The smallest absolute Gasteiger partial charge is 0.269 e. The highest BCUT2D eigenvalue weighted by atomic mass is 32.2. The molecule has 1 heterocycles. The monoisotopic (exact) mass is 467 g/mol. The Morgan fingerprint density at radius 3 is 2.45 bits per heavy atom. The van der Waals surface area contributed by atoms with Gasteiger partial charge in [0.05, 0.1) is 17.7 Å². The van der Waals surface area contributed by atoms with Crippen molar-refractivity contribution in [1.29, 1.82) is 0 Å². The fourth-order valence-electron chi connectivity index (χ4n) is 3.04. The third-order valence-corrected chi connectivity index (χ3v) is 6.18. The van der Waals surface area contributed by atoms with Crippen LogP contribution in [0.5, 0.6) is 17.2 Å². The normalized spacial score (nSPS) is 12.0. The quantitative estimate of drug-likeness (QED) is 0.436. The van der Waals surface area contributed by atoms with Gasteiger partial charge in [-0.1, -0.05) is 12.6 Å². The molecule has 3 aromatic rings. The Balaban J connectivity index is 1.42. The van der Waals surface area contributed by atoms with Crippen molar-refractivity contribution in [3.8, 4) is 17.2 Å². The largest absolute Gasteiger partial charge is 0.497 e. The van der Waals surface area contributed by atoms with Gasteiger partial charge in [0, 0.05) is 16.8 Å². The summed E-state index contributed by atoms with van der Waals surface area (Å²) in [5.74, 6) is 1.30. The van der Waals surface area contributed by atoms with E-state index in [-0.39, 0.29) is 17.3 Å². The first-order valence-electron chi connectivity index (χ1n) is 9.78. The molecule has 3 aromatic carbocycles. The lowest BCUT2D eigenvalue weighted by Crippen LogP contribution is -2.35. The average molecular weight is 468 g/mol. The molecule has 0 fully saturated rings. The lowest BCUT2D eigenvalue weighted by Gasteiger charge is -2.13. The second-order valence-corrected chi connectivity index (χ2v) is 8.67. The third-order valence-electron chi connectivity index (χ3n) is 4.80. The van der Waals surface area contributed by atoms with Crippen molar-refractivity contribution < 1.29 is 27.4 Å². The van der Waals surface area contributed by atoms with Crippen LogP contribution in [0, 0.1) is 0 Å². The van der Waals surface area contributed by atoms with Crippen LogP contribution < -0.4 is 29.8 Å². The van der Waals surface area contributed by atoms with Crippen molar-refractivity contribution >= 4 is 27.3 Å². The van der Waals surface area contributed by atoms with Crippen LogP contribution in [0.4, 0.5) is 5.69 Å². The number of benzene rings is 3. The van der Waals surface area contributed by atoms with Crippen molar-refractivity contribution in [1.82, 2.24) is 10.9 Å². The van der Waals surface area contributed by atoms with E-state index in [4.69, 9.17) is 14.2 Å². The van der Waals surface area contributed by atoms with Gasteiger partial charge in [0.15, 0.2) is 11.5 Å². The number of carbonyl (C=O) groups excluding carboxylic acids is 1. The zero-order valence-electron chi connectivity index (χ0n) is 17.6. The highest BCUT2D eigenvalue weighted by Crippen LogP contribution is 2.33. The Labute approximate surface area is 191 Å². The molecule has 1 aliphatic heterocycles. The van der Waals surface area contributed by atoms with E-state index in [1.807, 2.05) is 0 Å². The Morgan fingerprint density at radius 1 is 0.939 bits per heavy atom. The van der Waals surface area contributed by atoms with Gasteiger partial charge in [-0.3, -0.25) is 20.4 Å². The molecule has 0 saturated carbocycles. The number of hydrogen-bond donors (Lipinski definition) is 3. The van der Waals surface area contributed by atoms with Crippen LogP contribution >= 0.6 is 0 Å². The van der Waals surface area contributed by atoms with Crippen molar-refractivity contribution in [2.75, 3.05) is 18.6 Å². The average Bonchev–Trinajstić information content (AvgIpc) is 3.30. The molecule has 0 aliphatic carbocycles. The van der Waals surface area contributed by atoms with E-state index in [0.717, 1.165) is 0 Å². The molecule has 4 rings (SSSR count). The summed E-state index contributed by atoms with van der Waals surface area (Å²) in [6.45, 7) is 4.05. The molecule has 0 unspecified atom stereocenters. The number of anilines is 1.